The van der Waals surface area contributed by atoms with Crippen LogP contribution in [0, 0.1) is 10.1 Å². The second-order valence-electron chi connectivity index (χ2n) is 4.65. The number of para-hydroxylation sites is 1. The third-order valence-corrected chi connectivity index (χ3v) is 3.89. The lowest BCUT2D eigenvalue weighted by Crippen LogP contribution is -2.03. The Morgan fingerprint density at radius 3 is 2.71 bits per heavy atom. The molecule has 0 aliphatic heterocycles. The molecule has 1 atom stereocenters. The van der Waals surface area contributed by atoms with E-state index in [4.69, 9.17) is 0 Å². The minimum absolute atomic E-state index is 0.0886. The van der Waals surface area contributed by atoms with Crippen LogP contribution in [0.15, 0.2) is 53.1 Å². The van der Waals surface area contributed by atoms with Crippen LogP contribution in [-0.2, 0) is 0 Å². The van der Waals surface area contributed by atoms with Gasteiger partial charge in [-0.2, -0.15) is 0 Å². The zero-order chi connectivity index (χ0) is 15.0. The van der Waals surface area contributed by atoms with E-state index in [1.165, 1.54) is 6.07 Å². The maximum Gasteiger partial charge on any atom is 0.275 e. The number of hydrogen-bond acceptors (Lipinski definition) is 3. The number of aromatic amines is 1. The number of fused-ring (bicyclic) bond motifs is 1. The molecule has 21 heavy (non-hydrogen) atoms. The standard InChI is InChI=1S/C15H11BrN2O3/c16-9-5-6-13-11(7-9)12(8-17-13)15(19)10-3-1-2-4-14(10)18(20)21/h1-8,15,17,19H. The van der Waals surface area contributed by atoms with Crippen LogP contribution < -0.4 is 0 Å². The van der Waals surface area contributed by atoms with Gasteiger partial charge in [0.25, 0.3) is 5.69 Å². The van der Waals surface area contributed by atoms with Gasteiger partial charge in [0.05, 0.1) is 10.5 Å². The van der Waals surface area contributed by atoms with Crippen LogP contribution in [0.3, 0.4) is 0 Å². The average molecular weight is 347 g/mol. The van der Waals surface area contributed by atoms with Crippen LogP contribution >= 0.6 is 15.9 Å². The molecule has 0 saturated heterocycles. The first kappa shape index (κ1) is 13.8. The summed E-state index contributed by atoms with van der Waals surface area (Å²) >= 11 is 3.39. The largest absolute Gasteiger partial charge is 0.383 e. The molecular weight excluding hydrogens is 336 g/mol. The molecule has 6 heteroatoms. The Labute approximate surface area is 128 Å². The molecule has 0 saturated carbocycles. The highest BCUT2D eigenvalue weighted by atomic mass is 79.9. The molecule has 0 fully saturated rings. The van der Waals surface area contributed by atoms with Gasteiger partial charge in [-0.05, 0) is 24.3 Å². The maximum absolute atomic E-state index is 11.1. The van der Waals surface area contributed by atoms with Crippen LogP contribution in [0.4, 0.5) is 5.69 Å². The van der Waals surface area contributed by atoms with Gasteiger partial charge in [0.15, 0.2) is 0 Å². The number of nitrogens with zero attached hydrogens (tertiary/aromatic N) is 1. The van der Waals surface area contributed by atoms with E-state index in [9.17, 15) is 15.2 Å². The number of rotatable bonds is 3. The molecule has 1 aromatic heterocycles. The number of nitro benzene ring substituents is 1. The quantitative estimate of drug-likeness (QED) is 0.557. The molecule has 2 N–H and O–H groups in total. The number of H-pyrrole nitrogens is 1. The molecule has 1 unspecified atom stereocenters. The van der Waals surface area contributed by atoms with Gasteiger partial charge in [-0.1, -0.05) is 28.1 Å². The van der Waals surface area contributed by atoms with Crippen LogP contribution in [0.25, 0.3) is 10.9 Å². The van der Waals surface area contributed by atoms with Crippen molar-refractivity contribution in [1.29, 1.82) is 0 Å². The molecule has 0 bridgehead atoms. The van der Waals surface area contributed by atoms with E-state index in [0.717, 1.165) is 15.4 Å². The molecule has 5 nitrogen and oxygen atoms in total. The van der Waals surface area contributed by atoms with Crippen molar-refractivity contribution in [1.82, 2.24) is 4.98 Å². The minimum atomic E-state index is -1.06. The van der Waals surface area contributed by atoms with Gasteiger partial charge in [0.2, 0.25) is 0 Å². The molecule has 3 rings (SSSR count). The summed E-state index contributed by atoms with van der Waals surface area (Å²) in [6, 6.07) is 11.9. The van der Waals surface area contributed by atoms with E-state index in [2.05, 4.69) is 20.9 Å². The predicted molar refractivity (Wildman–Crippen MR) is 83.2 cm³/mol. The van der Waals surface area contributed by atoms with Crippen molar-refractivity contribution in [3.8, 4) is 0 Å². The molecule has 0 radical (unpaired) electrons. The Balaban J connectivity index is 2.15. The molecule has 3 aromatic rings. The SMILES string of the molecule is O=[N+]([O-])c1ccccc1C(O)c1c[nH]c2ccc(Br)cc12. The van der Waals surface area contributed by atoms with Gasteiger partial charge in [-0.15, -0.1) is 0 Å². The number of nitrogens with one attached hydrogen (secondary N) is 1. The van der Waals surface area contributed by atoms with E-state index >= 15 is 0 Å². The number of nitro groups is 1. The third-order valence-electron chi connectivity index (χ3n) is 3.40. The summed E-state index contributed by atoms with van der Waals surface area (Å²) < 4.78 is 0.880. The summed E-state index contributed by atoms with van der Waals surface area (Å²) in [6.45, 7) is 0. The van der Waals surface area contributed by atoms with E-state index < -0.39 is 11.0 Å². The fraction of sp³-hybridized carbons (Fsp3) is 0.0667. The summed E-state index contributed by atoms with van der Waals surface area (Å²) in [6.07, 6.45) is 0.619. The summed E-state index contributed by atoms with van der Waals surface area (Å²) in [5.74, 6) is 0. The Hall–Kier alpha value is -2.18. The molecule has 0 aliphatic rings. The number of aliphatic hydroxyl groups is 1. The van der Waals surface area contributed by atoms with Crippen molar-refractivity contribution in [2.75, 3.05) is 0 Å². The Morgan fingerprint density at radius 2 is 1.95 bits per heavy atom. The van der Waals surface area contributed by atoms with E-state index in [0.29, 0.717) is 5.56 Å². The first-order chi connectivity index (χ1) is 10.1. The molecule has 0 amide bonds. The van der Waals surface area contributed by atoms with Gasteiger partial charge in [0, 0.05) is 33.2 Å². The highest BCUT2D eigenvalue weighted by Gasteiger charge is 2.23. The second-order valence-corrected chi connectivity index (χ2v) is 5.57. The molecule has 2 aromatic carbocycles. The lowest BCUT2D eigenvalue weighted by molar-refractivity contribution is -0.386. The predicted octanol–water partition coefficient (Wildman–Crippen LogP) is 3.92. The summed E-state index contributed by atoms with van der Waals surface area (Å²) in [5, 5.41) is 22.5. The second kappa shape index (κ2) is 5.31. The van der Waals surface area contributed by atoms with Gasteiger partial charge < -0.3 is 10.1 Å². The van der Waals surface area contributed by atoms with Gasteiger partial charge in [-0.25, -0.2) is 0 Å². The Bertz CT molecular complexity index is 829. The number of aromatic nitrogens is 1. The monoisotopic (exact) mass is 346 g/mol. The Kier molecular flexibility index (Phi) is 3.48. The van der Waals surface area contributed by atoms with Gasteiger partial charge >= 0.3 is 0 Å². The number of benzene rings is 2. The van der Waals surface area contributed by atoms with E-state index in [1.54, 1.807) is 24.4 Å². The van der Waals surface area contributed by atoms with Gasteiger partial charge in [0.1, 0.15) is 6.10 Å². The normalized spacial score (nSPS) is 12.5. The molecule has 106 valence electrons. The van der Waals surface area contributed by atoms with Gasteiger partial charge in [-0.3, -0.25) is 10.1 Å². The van der Waals surface area contributed by atoms with Crippen molar-refractivity contribution in [3.63, 3.8) is 0 Å². The van der Waals surface area contributed by atoms with Crippen LogP contribution in [-0.4, -0.2) is 15.0 Å². The third kappa shape index (κ3) is 2.43. The number of hydrogen-bond donors (Lipinski definition) is 2. The smallest absolute Gasteiger partial charge is 0.275 e. The summed E-state index contributed by atoms with van der Waals surface area (Å²) in [7, 11) is 0. The van der Waals surface area contributed by atoms with Crippen molar-refractivity contribution >= 4 is 32.5 Å². The average Bonchev–Trinajstić information content (AvgIpc) is 2.89. The maximum atomic E-state index is 11.1. The van der Waals surface area contributed by atoms with Crippen LogP contribution in [0.1, 0.15) is 17.2 Å². The molecule has 1 heterocycles. The van der Waals surface area contributed by atoms with Crippen LogP contribution in [0.2, 0.25) is 0 Å². The molecule has 0 spiro atoms. The van der Waals surface area contributed by atoms with E-state index in [-0.39, 0.29) is 11.3 Å². The number of aliphatic hydroxyl groups excluding tert-OH is 1. The van der Waals surface area contributed by atoms with E-state index in [1.807, 2.05) is 18.2 Å². The topological polar surface area (TPSA) is 79.2 Å². The van der Waals surface area contributed by atoms with Crippen molar-refractivity contribution in [2.24, 2.45) is 0 Å². The zero-order valence-electron chi connectivity index (χ0n) is 10.8. The first-order valence-corrected chi connectivity index (χ1v) is 7.05. The highest BCUT2D eigenvalue weighted by Crippen LogP contribution is 2.34. The first-order valence-electron chi connectivity index (χ1n) is 6.26. The van der Waals surface area contributed by atoms with Crippen molar-refractivity contribution < 1.29 is 10.0 Å². The fourth-order valence-electron chi connectivity index (χ4n) is 2.39. The highest BCUT2D eigenvalue weighted by molar-refractivity contribution is 9.10. The van der Waals surface area contributed by atoms with Crippen molar-refractivity contribution in [3.05, 3.63) is 74.4 Å². The molecular formula is C15H11BrN2O3. The van der Waals surface area contributed by atoms with Crippen LogP contribution in [0.5, 0.6) is 0 Å². The summed E-state index contributed by atoms with van der Waals surface area (Å²) in [4.78, 5) is 13.7. The van der Waals surface area contributed by atoms with Crippen molar-refractivity contribution in [2.45, 2.75) is 6.10 Å². The Morgan fingerprint density at radius 1 is 1.19 bits per heavy atom. The number of halogens is 1. The lowest BCUT2D eigenvalue weighted by Gasteiger charge is -2.10. The fourth-order valence-corrected chi connectivity index (χ4v) is 2.75. The lowest BCUT2D eigenvalue weighted by atomic mass is 9.99. The zero-order valence-corrected chi connectivity index (χ0v) is 12.4. The molecule has 0 aliphatic carbocycles. The summed E-state index contributed by atoms with van der Waals surface area (Å²) in [5.41, 5.74) is 1.67. The minimum Gasteiger partial charge on any atom is -0.383 e.